The second-order valence-corrected chi connectivity index (χ2v) is 3.53. The minimum atomic E-state index is -0.974. The van der Waals surface area contributed by atoms with Gasteiger partial charge in [-0.15, -0.1) is 0 Å². The maximum absolute atomic E-state index is 10.3. The van der Waals surface area contributed by atoms with Gasteiger partial charge in [0, 0.05) is 6.07 Å². The molecule has 0 amide bonds. The Hall–Kier alpha value is -1.13. The zero-order valence-corrected chi connectivity index (χ0v) is 9.39. The van der Waals surface area contributed by atoms with Crippen molar-refractivity contribution in [1.82, 2.24) is 0 Å². The lowest BCUT2D eigenvalue weighted by Crippen LogP contribution is -2.12. The van der Waals surface area contributed by atoms with E-state index in [-0.39, 0.29) is 6.54 Å². The normalized spacial score (nSPS) is 9.80. The molecule has 1 aromatic rings. The van der Waals surface area contributed by atoms with E-state index in [1.165, 1.54) is 19.2 Å². The van der Waals surface area contributed by atoms with Gasteiger partial charge in [0.25, 0.3) is 0 Å². The Bertz CT molecular complexity index is 382. The Morgan fingerprint density at radius 3 is 2.67 bits per heavy atom. The monoisotopic (exact) mass is 249 g/mol. The third-order valence-corrected chi connectivity index (χ3v) is 2.28. The van der Waals surface area contributed by atoms with E-state index in [2.05, 4.69) is 5.32 Å². The van der Waals surface area contributed by atoms with E-state index in [1.54, 1.807) is 0 Å². The summed E-state index contributed by atoms with van der Waals surface area (Å²) in [5, 5.41) is 11.8. The molecule has 15 heavy (non-hydrogen) atoms. The largest absolute Gasteiger partial charge is 0.495 e. The number of benzene rings is 1. The number of methoxy groups -OCH3 is 1. The summed E-state index contributed by atoms with van der Waals surface area (Å²) in [7, 11) is 1.47. The first-order valence-corrected chi connectivity index (χ1v) is 4.79. The molecule has 1 aromatic carbocycles. The molecule has 0 unspecified atom stereocenters. The van der Waals surface area contributed by atoms with E-state index in [0.29, 0.717) is 21.5 Å². The van der Waals surface area contributed by atoms with Gasteiger partial charge in [-0.3, -0.25) is 4.79 Å². The summed E-state index contributed by atoms with van der Waals surface area (Å²) in [5.41, 5.74) is 0.463. The fraction of sp³-hybridized carbons (Fsp3) is 0.222. The molecule has 2 N–H and O–H groups in total. The Morgan fingerprint density at radius 2 is 2.13 bits per heavy atom. The van der Waals surface area contributed by atoms with Gasteiger partial charge in [0.2, 0.25) is 0 Å². The van der Waals surface area contributed by atoms with Crippen LogP contribution in [0.25, 0.3) is 0 Å². The molecule has 0 saturated carbocycles. The number of anilines is 1. The number of rotatable bonds is 4. The molecule has 0 saturated heterocycles. The van der Waals surface area contributed by atoms with Crippen LogP contribution in [-0.4, -0.2) is 24.7 Å². The van der Waals surface area contributed by atoms with Gasteiger partial charge in [0.15, 0.2) is 0 Å². The molecule has 0 aromatic heterocycles. The number of carboxylic acids is 1. The third-order valence-electron chi connectivity index (χ3n) is 1.67. The van der Waals surface area contributed by atoms with Crippen LogP contribution in [0, 0.1) is 0 Å². The molecule has 0 heterocycles. The summed E-state index contributed by atoms with van der Waals surface area (Å²) in [4.78, 5) is 10.3. The average Bonchev–Trinajstić information content (AvgIpc) is 2.18. The van der Waals surface area contributed by atoms with Crippen LogP contribution in [0.15, 0.2) is 12.1 Å². The predicted molar refractivity (Wildman–Crippen MR) is 59.1 cm³/mol. The number of halogens is 2. The van der Waals surface area contributed by atoms with Crippen molar-refractivity contribution in [1.29, 1.82) is 0 Å². The van der Waals surface area contributed by atoms with Crippen LogP contribution in [0.4, 0.5) is 5.69 Å². The van der Waals surface area contributed by atoms with E-state index < -0.39 is 5.97 Å². The molecule has 0 aliphatic heterocycles. The summed E-state index contributed by atoms with van der Waals surface area (Å²) in [6.07, 6.45) is 0. The molecular weight excluding hydrogens is 241 g/mol. The molecule has 0 bridgehead atoms. The molecular formula is C9H9Cl2NO3. The number of carbonyl (C=O) groups is 1. The Labute approximate surface area is 96.8 Å². The molecule has 0 atom stereocenters. The number of nitrogens with one attached hydrogen (secondary N) is 1. The van der Waals surface area contributed by atoms with Gasteiger partial charge in [-0.1, -0.05) is 23.2 Å². The average molecular weight is 250 g/mol. The number of ether oxygens (including phenoxy) is 1. The molecule has 82 valence electrons. The lowest BCUT2D eigenvalue weighted by atomic mass is 10.3. The van der Waals surface area contributed by atoms with Crippen LogP contribution in [0.2, 0.25) is 10.0 Å². The molecule has 0 aliphatic rings. The summed E-state index contributed by atoms with van der Waals surface area (Å²) >= 11 is 11.7. The van der Waals surface area contributed by atoms with Crippen LogP contribution in [0.3, 0.4) is 0 Å². The van der Waals surface area contributed by atoms with Crippen molar-refractivity contribution >= 4 is 34.9 Å². The first kappa shape index (κ1) is 11.9. The minimum Gasteiger partial charge on any atom is -0.495 e. The molecule has 0 fully saturated rings. The number of hydrogen-bond donors (Lipinski definition) is 2. The zero-order chi connectivity index (χ0) is 11.4. The van der Waals surface area contributed by atoms with Crippen molar-refractivity contribution in [3.63, 3.8) is 0 Å². The van der Waals surface area contributed by atoms with E-state index in [4.69, 9.17) is 33.0 Å². The summed E-state index contributed by atoms with van der Waals surface area (Å²) in [5.74, 6) is -0.527. The lowest BCUT2D eigenvalue weighted by molar-refractivity contribution is -0.134. The fourth-order valence-corrected chi connectivity index (χ4v) is 1.45. The van der Waals surface area contributed by atoms with Gasteiger partial charge in [-0.25, -0.2) is 0 Å². The SMILES string of the molecule is COc1cc(Cl)c(NCC(=O)O)cc1Cl. The molecule has 6 heteroatoms. The molecule has 0 spiro atoms. The highest BCUT2D eigenvalue weighted by Gasteiger charge is 2.08. The third kappa shape index (κ3) is 3.18. The van der Waals surface area contributed by atoms with Crippen LogP contribution in [-0.2, 0) is 4.79 Å². The van der Waals surface area contributed by atoms with E-state index in [0.717, 1.165) is 0 Å². The number of carboxylic acid groups (broad SMARTS) is 1. The second kappa shape index (κ2) is 5.09. The van der Waals surface area contributed by atoms with Gasteiger partial charge in [-0.2, -0.15) is 0 Å². The summed E-state index contributed by atoms with van der Waals surface area (Å²) < 4.78 is 4.95. The van der Waals surface area contributed by atoms with Crippen molar-refractivity contribution < 1.29 is 14.6 Å². The van der Waals surface area contributed by atoms with Gasteiger partial charge in [0.05, 0.1) is 22.8 Å². The topological polar surface area (TPSA) is 58.6 Å². The fourth-order valence-electron chi connectivity index (χ4n) is 0.991. The second-order valence-electron chi connectivity index (χ2n) is 2.71. The highest BCUT2D eigenvalue weighted by Crippen LogP contribution is 2.33. The predicted octanol–water partition coefficient (Wildman–Crippen LogP) is 2.50. The van der Waals surface area contributed by atoms with E-state index >= 15 is 0 Å². The molecule has 0 radical (unpaired) electrons. The highest BCUT2D eigenvalue weighted by molar-refractivity contribution is 6.36. The van der Waals surface area contributed by atoms with Crippen LogP contribution in [0.1, 0.15) is 0 Å². The minimum absolute atomic E-state index is 0.220. The van der Waals surface area contributed by atoms with Gasteiger partial charge < -0.3 is 15.2 Å². The first-order chi connectivity index (χ1) is 7.04. The number of hydrogen-bond acceptors (Lipinski definition) is 3. The molecule has 4 nitrogen and oxygen atoms in total. The summed E-state index contributed by atoms with van der Waals surface area (Å²) in [6, 6.07) is 3.04. The van der Waals surface area contributed by atoms with Crippen LogP contribution >= 0.6 is 23.2 Å². The standard InChI is InChI=1S/C9H9Cl2NO3/c1-15-8-3-5(10)7(2-6(8)11)12-4-9(13)14/h2-3,12H,4H2,1H3,(H,13,14). The van der Waals surface area contributed by atoms with Gasteiger partial charge in [-0.05, 0) is 6.07 Å². The van der Waals surface area contributed by atoms with E-state index in [1.807, 2.05) is 0 Å². The van der Waals surface area contributed by atoms with Crippen molar-refractivity contribution in [2.75, 3.05) is 19.0 Å². The van der Waals surface area contributed by atoms with Crippen molar-refractivity contribution in [2.24, 2.45) is 0 Å². The maximum Gasteiger partial charge on any atom is 0.322 e. The smallest absolute Gasteiger partial charge is 0.322 e. The maximum atomic E-state index is 10.3. The number of aliphatic carboxylic acids is 1. The lowest BCUT2D eigenvalue weighted by Gasteiger charge is -2.09. The van der Waals surface area contributed by atoms with Crippen LogP contribution < -0.4 is 10.1 Å². The van der Waals surface area contributed by atoms with Crippen molar-refractivity contribution in [3.05, 3.63) is 22.2 Å². The van der Waals surface area contributed by atoms with Gasteiger partial charge >= 0.3 is 5.97 Å². The highest BCUT2D eigenvalue weighted by atomic mass is 35.5. The van der Waals surface area contributed by atoms with Crippen molar-refractivity contribution in [3.8, 4) is 5.75 Å². The quantitative estimate of drug-likeness (QED) is 0.861. The Kier molecular flexibility index (Phi) is 4.05. The first-order valence-electron chi connectivity index (χ1n) is 4.03. The Morgan fingerprint density at radius 1 is 1.47 bits per heavy atom. The molecule has 1 rings (SSSR count). The van der Waals surface area contributed by atoms with E-state index in [9.17, 15) is 4.79 Å². The van der Waals surface area contributed by atoms with Gasteiger partial charge in [0.1, 0.15) is 12.3 Å². The molecule has 0 aliphatic carbocycles. The van der Waals surface area contributed by atoms with Crippen molar-refractivity contribution in [2.45, 2.75) is 0 Å². The Balaban J connectivity index is 2.90. The zero-order valence-electron chi connectivity index (χ0n) is 7.88. The summed E-state index contributed by atoms with van der Waals surface area (Å²) in [6.45, 7) is -0.220. The van der Waals surface area contributed by atoms with Crippen LogP contribution in [0.5, 0.6) is 5.75 Å².